The van der Waals surface area contributed by atoms with E-state index in [4.69, 9.17) is 4.74 Å². The van der Waals surface area contributed by atoms with E-state index in [0.717, 1.165) is 37.2 Å². The molecule has 3 rings (SSSR count). The average Bonchev–Trinajstić information content (AvgIpc) is 2.64. The molecule has 0 bridgehead atoms. The molecule has 1 aliphatic heterocycles. The van der Waals surface area contributed by atoms with Crippen LogP contribution < -0.4 is 10.2 Å². The number of nitrogens with zero attached hydrogens (tertiary/aromatic N) is 4. The molecule has 1 aromatic heterocycles. The summed E-state index contributed by atoms with van der Waals surface area (Å²) >= 11 is 0. The van der Waals surface area contributed by atoms with Crippen molar-refractivity contribution < 1.29 is 4.74 Å². The minimum atomic E-state index is 0.643. The molecule has 2 heterocycles. The van der Waals surface area contributed by atoms with Gasteiger partial charge >= 0.3 is 0 Å². The summed E-state index contributed by atoms with van der Waals surface area (Å²) < 4.78 is 5.03. The van der Waals surface area contributed by atoms with Crippen molar-refractivity contribution in [2.45, 2.75) is 19.3 Å². The summed E-state index contributed by atoms with van der Waals surface area (Å²) in [6.45, 7) is 3.33. The first-order valence-electron chi connectivity index (χ1n) is 8.56. The zero-order valence-corrected chi connectivity index (χ0v) is 14.2. The summed E-state index contributed by atoms with van der Waals surface area (Å²) in [4.78, 5) is 6.80. The van der Waals surface area contributed by atoms with Gasteiger partial charge in [0.05, 0.1) is 12.8 Å². The molecular formula is C18H25N5O. The van der Waals surface area contributed by atoms with Gasteiger partial charge in [-0.05, 0) is 30.7 Å². The molecule has 0 amide bonds. The van der Waals surface area contributed by atoms with Gasteiger partial charge in [-0.2, -0.15) is 10.1 Å². The van der Waals surface area contributed by atoms with Crippen LogP contribution >= 0.6 is 0 Å². The number of hydrogen-bond donors (Lipinski definition) is 1. The van der Waals surface area contributed by atoms with Crippen LogP contribution in [-0.4, -0.2) is 48.5 Å². The second kappa shape index (κ2) is 8.59. The molecule has 1 aliphatic rings. The van der Waals surface area contributed by atoms with E-state index < -0.39 is 0 Å². The maximum absolute atomic E-state index is 5.03. The van der Waals surface area contributed by atoms with E-state index in [9.17, 15) is 0 Å². The predicted molar refractivity (Wildman–Crippen MR) is 95.3 cm³/mol. The van der Waals surface area contributed by atoms with Crippen molar-refractivity contribution in [3.63, 3.8) is 0 Å². The highest BCUT2D eigenvalue weighted by Gasteiger charge is 2.21. The molecule has 0 spiro atoms. The second-order valence-corrected chi connectivity index (χ2v) is 6.18. The third kappa shape index (κ3) is 4.64. The van der Waals surface area contributed by atoms with Gasteiger partial charge in [0, 0.05) is 26.7 Å². The van der Waals surface area contributed by atoms with Crippen LogP contribution in [0, 0.1) is 5.92 Å². The van der Waals surface area contributed by atoms with Crippen LogP contribution in [0.1, 0.15) is 18.4 Å². The topological polar surface area (TPSA) is 63.2 Å². The van der Waals surface area contributed by atoms with Crippen molar-refractivity contribution in [2.75, 3.05) is 43.6 Å². The summed E-state index contributed by atoms with van der Waals surface area (Å²) in [5.74, 6) is 2.21. The van der Waals surface area contributed by atoms with Gasteiger partial charge in [-0.1, -0.05) is 30.3 Å². The van der Waals surface area contributed by atoms with Gasteiger partial charge in [0.1, 0.15) is 0 Å². The molecule has 24 heavy (non-hydrogen) atoms. The molecule has 0 aliphatic carbocycles. The molecule has 1 N–H and O–H groups in total. The lowest BCUT2D eigenvalue weighted by atomic mass is 9.90. The molecule has 0 radical (unpaired) electrons. The van der Waals surface area contributed by atoms with Gasteiger partial charge in [0.2, 0.25) is 5.95 Å². The number of hydrogen-bond acceptors (Lipinski definition) is 6. The Hall–Kier alpha value is -2.21. The summed E-state index contributed by atoms with van der Waals surface area (Å²) in [7, 11) is 1.69. The minimum absolute atomic E-state index is 0.643. The van der Waals surface area contributed by atoms with Gasteiger partial charge in [-0.3, -0.25) is 0 Å². The Morgan fingerprint density at radius 3 is 2.75 bits per heavy atom. The highest BCUT2D eigenvalue weighted by Crippen LogP contribution is 2.24. The molecular weight excluding hydrogens is 302 g/mol. The molecule has 1 aromatic carbocycles. The monoisotopic (exact) mass is 327 g/mol. The number of aromatic nitrogens is 3. The first kappa shape index (κ1) is 16.6. The normalized spacial score (nSPS) is 15.5. The van der Waals surface area contributed by atoms with E-state index in [2.05, 4.69) is 55.7 Å². The summed E-state index contributed by atoms with van der Waals surface area (Å²) in [5.41, 5.74) is 1.43. The van der Waals surface area contributed by atoms with Crippen LogP contribution in [0.2, 0.25) is 0 Å². The Kier molecular flexibility index (Phi) is 5.96. The molecule has 2 aromatic rings. The van der Waals surface area contributed by atoms with E-state index in [-0.39, 0.29) is 0 Å². The van der Waals surface area contributed by atoms with E-state index in [0.29, 0.717) is 13.2 Å². The Morgan fingerprint density at radius 1 is 1.21 bits per heavy atom. The third-order valence-electron chi connectivity index (χ3n) is 4.42. The lowest BCUT2D eigenvalue weighted by molar-refractivity contribution is 0.210. The van der Waals surface area contributed by atoms with Crippen LogP contribution in [0.5, 0.6) is 0 Å². The number of ether oxygens (including phenoxy) is 1. The number of anilines is 2. The van der Waals surface area contributed by atoms with Crippen molar-refractivity contribution in [1.29, 1.82) is 0 Å². The quantitative estimate of drug-likeness (QED) is 0.788. The smallest absolute Gasteiger partial charge is 0.247 e. The fraction of sp³-hybridized carbons (Fsp3) is 0.500. The number of methoxy groups -OCH3 is 1. The highest BCUT2D eigenvalue weighted by molar-refractivity contribution is 5.39. The lowest BCUT2D eigenvalue weighted by Crippen LogP contribution is -2.35. The zero-order valence-electron chi connectivity index (χ0n) is 14.2. The number of nitrogens with one attached hydrogen (secondary N) is 1. The molecule has 128 valence electrons. The van der Waals surface area contributed by atoms with Gasteiger partial charge in [0.15, 0.2) is 5.82 Å². The van der Waals surface area contributed by atoms with Gasteiger partial charge in [-0.15, -0.1) is 5.10 Å². The van der Waals surface area contributed by atoms with Crippen molar-refractivity contribution >= 4 is 11.8 Å². The second-order valence-electron chi connectivity index (χ2n) is 6.18. The summed E-state index contributed by atoms with van der Waals surface area (Å²) in [6.07, 6.45) is 5.15. The van der Waals surface area contributed by atoms with Crippen LogP contribution in [-0.2, 0) is 11.2 Å². The number of benzene rings is 1. The Bertz CT molecular complexity index is 614. The Morgan fingerprint density at radius 2 is 2.00 bits per heavy atom. The summed E-state index contributed by atoms with van der Waals surface area (Å²) in [6, 6.07) is 10.7. The fourth-order valence-corrected chi connectivity index (χ4v) is 3.08. The zero-order chi connectivity index (χ0) is 16.6. The first-order valence-corrected chi connectivity index (χ1v) is 8.56. The molecule has 0 atom stereocenters. The van der Waals surface area contributed by atoms with Crippen molar-refractivity contribution in [3.8, 4) is 0 Å². The van der Waals surface area contributed by atoms with Crippen LogP contribution in [0.4, 0.5) is 11.8 Å². The van der Waals surface area contributed by atoms with Crippen LogP contribution in [0.3, 0.4) is 0 Å². The van der Waals surface area contributed by atoms with E-state index in [1.807, 2.05) is 0 Å². The first-order chi connectivity index (χ1) is 11.8. The highest BCUT2D eigenvalue weighted by atomic mass is 16.5. The van der Waals surface area contributed by atoms with Crippen LogP contribution in [0.25, 0.3) is 0 Å². The molecule has 1 fully saturated rings. The van der Waals surface area contributed by atoms with Gasteiger partial charge in [-0.25, -0.2) is 0 Å². The predicted octanol–water partition coefficient (Wildman–Crippen LogP) is 2.39. The van der Waals surface area contributed by atoms with E-state index >= 15 is 0 Å². The van der Waals surface area contributed by atoms with Crippen molar-refractivity contribution in [1.82, 2.24) is 15.2 Å². The van der Waals surface area contributed by atoms with E-state index in [1.165, 1.54) is 18.4 Å². The minimum Gasteiger partial charge on any atom is -0.383 e. The molecule has 6 nitrogen and oxygen atoms in total. The fourth-order valence-electron chi connectivity index (χ4n) is 3.08. The van der Waals surface area contributed by atoms with Gasteiger partial charge in [0.25, 0.3) is 0 Å². The molecule has 6 heteroatoms. The van der Waals surface area contributed by atoms with Crippen molar-refractivity contribution in [2.24, 2.45) is 5.92 Å². The third-order valence-corrected chi connectivity index (χ3v) is 4.42. The van der Waals surface area contributed by atoms with Gasteiger partial charge < -0.3 is 15.0 Å². The van der Waals surface area contributed by atoms with Crippen molar-refractivity contribution in [3.05, 3.63) is 42.1 Å². The Balaban J connectivity index is 1.52. The maximum atomic E-state index is 5.03. The summed E-state index contributed by atoms with van der Waals surface area (Å²) in [5, 5.41) is 11.5. The Labute approximate surface area is 143 Å². The van der Waals surface area contributed by atoms with Crippen LogP contribution in [0.15, 0.2) is 36.5 Å². The number of rotatable bonds is 7. The largest absolute Gasteiger partial charge is 0.383 e. The maximum Gasteiger partial charge on any atom is 0.247 e. The molecule has 1 saturated heterocycles. The standard InChI is InChI=1S/C18H25N5O/c1-24-12-9-19-17-14-20-22-18(21-17)23-10-7-16(8-11-23)13-15-5-3-2-4-6-15/h2-6,14,16H,7-13H2,1H3,(H,19,21,22). The number of piperidine rings is 1. The SMILES string of the molecule is COCCNc1cnnc(N2CCC(Cc3ccccc3)CC2)n1. The average molecular weight is 327 g/mol. The van der Waals surface area contributed by atoms with E-state index in [1.54, 1.807) is 13.3 Å². The lowest BCUT2D eigenvalue weighted by Gasteiger charge is -2.31. The molecule has 0 unspecified atom stereocenters. The molecule has 0 saturated carbocycles.